The molecule has 0 heterocycles. The minimum Gasteiger partial charge on any atom is -0.341 e. The van der Waals surface area contributed by atoms with Crippen LogP contribution in [0.3, 0.4) is 0 Å². The third-order valence-corrected chi connectivity index (χ3v) is 8.03. The highest BCUT2D eigenvalue weighted by molar-refractivity contribution is 7.90. The standard InChI is InChI=1S/C30H30FN3O3S/c1-22-13-17-25(18-14-22)29(24-9-5-4-6-10-24)32-30(35)26-19-15-23(16-20-26)21-34(38(36,37)33(2)3)28-12-8-7-11-27(28)31/h4-20,29H,21H2,1-3H3,(H,32,35)/t29-/m1/s1. The molecule has 4 aromatic carbocycles. The number of halogens is 1. The third kappa shape index (κ3) is 6.10. The molecule has 0 saturated carbocycles. The molecule has 0 aliphatic carbocycles. The fourth-order valence-corrected chi connectivity index (χ4v) is 5.15. The van der Waals surface area contributed by atoms with Gasteiger partial charge in [0.25, 0.3) is 5.91 Å². The van der Waals surface area contributed by atoms with Gasteiger partial charge in [-0.15, -0.1) is 0 Å². The molecule has 1 atom stereocenters. The maximum Gasteiger partial charge on any atom is 0.303 e. The second-order valence-corrected chi connectivity index (χ2v) is 11.2. The van der Waals surface area contributed by atoms with E-state index < -0.39 is 16.0 Å². The summed E-state index contributed by atoms with van der Waals surface area (Å²) in [5.74, 6) is -0.908. The largest absolute Gasteiger partial charge is 0.341 e. The smallest absolute Gasteiger partial charge is 0.303 e. The average Bonchev–Trinajstić information content (AvgIpc) is 2.92. The Kier molecular flexibility index (Phi) is 8.24. The van der Waals surface area contributed by atoms with Crippen molar-refractivity contribution in [1.29, 1.82) is 0 Å². The summed E-state index contributed by atoms with van der Waals surface area (Å²) in [5, 5.41) is 3.12. The predicted molar refractivity (Wildman–Crippen MR) is 149 cm³/mol. The minimum absolute atomic E-state index is 0.0492. The molecule has 8 heteroatoms. The average molecular weight is 532 g/mol. The van der Waals surface area contributed by atoms with E-state index in [1.165, 1.54) is 32.3 Å². The Morgan fingerprint density at radius 3 is 2.00 bits per heavy atom. The molecule has 1 amide bonds. The number of benzene rings is 4. The Morgan fingerprint density at radius 1 is 0.816 bits per heavy atom. The van der Waals surface area contributed by atoms with Crippen molar-refractivity contribution in [3.05, 3.63) is 137 Å². The first-order chi connectivity index (χ1) is 18.2. The van der Waals surface area contributed by atoms with Crippen molar-refractivity contribution in [3.8, 4) is 0 Å². The van der Waals surface area contributed by atoms with Crippen molar-refractivity contribution in [2.45, 2.75) is 19.5 Å². The predicted octanol–water partition coefficient (Wildman–Crippen LogP) is 5.47. The SMILES string of the molecule is Cc1ccc([C@H](NC(=O)c2ccc(CN(c3ccccc3F)S(=O)(=O)N(C)C)cc2)c2ccccc2)cc1. The van der Waals surface area contributed by atoms with Gasteiger partial charge in [0, 0.05) is 19.7 Å². The summed E-state index contributed by atoms with van der Waals surface area (Å²) < 4.78 is 42.6. The second-order valence-electron chi connectivity index (χ2n) is 9.17. The van der Waals surface area contributed by atoms with Crippen LogP contribution in [-0.2, 0) is 16.8 Å². The van der Waals surface area contributed by atoms with Crippen LogP contribution in [0.4, 0.5) is 10.1 Å². The Balaban J connectivity index is 1.58. The van der Waals surface area contributed by atoms with E-state index in [1.807, 2.05) is 61.5 Å². The maximum atomic E-state index is 14.6. The molecule has 0 radical (unpaired) electrons. The molecule has 0 aromatic heterocycles. The molecule has 196 valence electrons. The van der Waals surface area contributed by atoms with Crippen LogP contribution >= 0.6 is 0 Å². The van der Waals surface area contributed by atoms with Crippen LogP contribution < -0.4 is 9.62 Å². The minimum atomic E-state index is -3.97. The lowest BCUT2D eigenvalue weighted by molar-refractivity contribution is 0.0943. The first kappa shape index (κ1) is 27.0. The van der Waals surface area contributed by atoms with Gasteiger partial charge in [0.2, 0.25) is 0 Å². The molecule has 1 N–H and O–H groups in total. The quantitative estimate of drug-likeness (QED) is 0.312. The number of hydrogen-bond acceptors (Lipinski definition) is 3. The summed E-state index contributed by atoms with van der Waals surface area (Å²) >= 11 is 0. The van der Waals surface area contributed by atoms with Gasteiger partial charge in [-0.3, -0.25) is 9.10 Å². The molecule has 0 spiro atoms. The van der Waals surface area contributed by atoms with Crippen molar-refractivity contribution >= 4 is 21.8 Å². The number of carbonyl (C=O) groups excluding carboxylic acids is 1. The highest BCUT2D eigenvalue weighted by Gasteiger charge is 2.27. The van der Waals surface area contributed by atoms with E-state index >= 15 is 0 Å². The highest BCUT2D eigenvalue weighted by atomic mass is 32.2. The molecule has 0 aliphatic heterocycles. The van der Waals surface area contributed by atoms with Gasteiger partial charge >= 0.3 is 10.2 Å². The van der Waals surface area contributed by atoms with Crippen molar-refractivity contribution in [3.63, 3.8) is 0 Å². The molecular formula is C30H30FN3O3S. The van der Waals surface area contributed by atoms with Gasteiger partial charge in [-0.25, -0.2) is 4.39 Å². The molecule has 4 aromatic rings. The van der Waals surface area contributed by atoms with Crippen LogP contribution in [0.5, 0.6) is 0 Å². The fraction of sp³-hybridized carbons (Fsp3) is 0.167. The third-order valence-electron chi connectivity index (χ3n) is 6.22. The van der Waals surface area contributed by atoms with Crippen LogP contribution in [0.2, 0.25) is 0 Å². The summed E-state index contributed by atoms with van der Waals surface area (Å²) in [6, 6.07) is 29.8. The van der Waals surface area contributed by atoms with Gasteiger partial charge in [-0.1, -0.05) is 84.4 Å². The van der Waals surface area contributed by atoms with Crippen molar-refractivity contribution in [1.82, 2.24) is 9.62 Å². The topological polar surface area (TPSA) is 69.7 Å². The van der Waals surface area contributed by atoms with E-state index in [9.17, 15) is 17.6 Å². The normalized spacial score (nSPS) is 12.2. The van der Waals surface area contributed by atoms with Crippen molar-refractivity contribution < 1.29 is 17.6 Å². The summed E-state index contributed by atoms with van der Waals surface area (Å²) in [6.07, 6.45) is 0. The number of amides is 1. The van der Waals surface area contributed by atoms with E-state index in [0.29, 0.717) is 11.1 Å². The number of hydrogen-bond donors (Lipinski definition) is 1. The highest BCUT2D eigenvalue weighted by Crippen LogP contribution is 2.26. The molecule has 0 unspecified atom stereocenters. The summed E-state index contributed by atoms with van der Waals surface area (Å²) in [4.78, 5) is 13.2. The zero-order valence-corrected chi connectivity index (χ0v) is 22.3. The number of para-hydroxylation sites is 1. The number of aryl methyl sites for hydroxylation is 1. The second kappa shape index (κ2) is 11.6. The summed E-state index contributed by atoms with van der Waals surface area (Å²) in [6.45, 7) is 1.91. The monoisotopic (exact) mass is 531 g/mol. The zero-order chi connectivity index (χ0) is 27.3. The number of rotatable bonds is 9. The van der Waals surface area contributed by atoms with Crippen LogP contribution in [0.1, 0.15) is 38.7 Å². The van der Waals surface area contributed by atoms with Crippen LogP contribution in [-0.4, -0.2) is 32.7 Å². The van der Waals surface area contributed by atoms with Gasteiger partial charge in [-0.2, -0.15) is 12.7 Å². The first-order valence-corrected chi connectivity index (χ1v) is 13.5. The Labute approximate surface area is 223 Å². The van der Waals surface area contributed by atoms with E-state index in [0.717, 1.165) is 25.3 Å². The van der Waals surface area contributed by atoms with Gasteiger partial charge in [0.05, 0.1) is 18.3 Å². The van der Waals surface area contributed by atoms with E-state index in [2.05, 4.69) is 5.32 Å². The van der Waals surface area contributed by atoms with Crippen molar-refractivity contribution in [2.24, 2.45) is 0 Å². The van der Waals surface area contributed by atoms with E-state index in [4.69, 9.17) is 0 Å². The van der Waals surface area contributed by atoms with Crippen LogP contribution in [0.25, 0.3) is 0 Å². The summed E-state index contributed by atoms with van der Waals surface area (Å²) in [5.41, 5.74) is 4.02. The lowest BCUT2D eigenvalue weighted by Crippen LogP contribution is -2.40. The number of nitrogens with zero attached hydrogens (tertiary/aromatic N) is 2. The Morgan fingerprint density at radius 2 is 1.39 bits per heavy atom. The molecule has 0 saturated heterocycles. The number of anilines is 1. The van der Waals surface area contributed by atoms with Gasteiger partial charge in [-0.05, 0) is 47.9 Å². The van der Waals surface area contributed by atoms with Crippen LogP contribution in [0, 0.1) is 12.7 Å². The molecule has 38 heavy (non-hydrogen) atoms. The van der Waals surface area contributed by atoms with E-state index in [-0.39, 0.29) is 24.2 Å². The Hall–Kier alpha value is -4.01. The fourth-order valence-electron chi connectivity index (χ4n) is 4.05. The lowest BCUT2D eigenvalue weighted by Gasteiger charge is -2.27. The number of carbonyl (C=O) groups is 1. The van der Waals surface area contributed by atoms with Crippen LogP contribution in [0.15, 0.2) is 103 Å². The summed E-state index contributed by atoms with van der Waals surface area (Å²) in [7, 11) is -1.18. The molecule has 4 rings (SSSR count). The van der Waals surface area contributed by atoms with E-state index in [1.54, 1.807) is 30.3 Å². The van der Waals surface area contributed by atoms with Gasteiger partial charge < -0.3 is 5.32 Å². The molecule has 0 bridgehead atoms. The van der Waals surface area contributed by atoms with Gasteiger partial charge in [0.1, 0.15) is 5.82 Å². The molecule has 6 nitrogen and oxygen atoms in total. The lowest BCUT2D eigenvalue weighted by atomic mass is 9.97. The molecular weight excluding hydrogens is 501 g/mol. The Bertz CT molecular complexity index is 1490. The first-order valence-electron chi connectivity index (χ1n) is 12.1. The number of nitrogens with one attached hydrogen (secondary N) is 1. The zero-order valence-electron chi connectivity index (χ0n) is 21.5. The van der Waals surface area contributed by atoms with Crippen molar-refractivity contribution in [2.75, 3.05) is 18.4 Å². The molecule has 0 fully saturated rings. The molecule has 0 aliphatic rings. The maximum absolute atomic E-state index is 14.6. The van der Waals surface area contributed by atoms with Gasteiger partial charge in [0.15, 0.2) is 0 Å².